The third kappa shape index (κ3) is 4.15. The van der Waals surface area contributed by atoms with E-state index in [1.807, 2.05) is 24.3 Å². The monoisotopic (exact) mass is 398 g/mol. The van der Waals surface area contributed by atoms with Gasteiger partial charge in [0.2, 0.25) is 0 Å². The Kier molecular flexibility index (Phi) is 5.54. The Hall–Kier alpha value is -2.51. The van der Waals surface area contributed by atoms with Crippen molar-refractivity contribution < 1.29 is 19.1 Å². The summed E-state index contributed by atoms with van der Waals surface area (Å²) in [5, 5.41) is 5.71. The summed E-state index contributed by atoms with van der Waals surface area (Å²) in [6.07, 6.45) is 1.90. The molecule has 0 radical (unpaired) electrons. The largest absolute Gasteiger partial charge is 0.479 e. The second-order valence-corrected chi connectivity index (χ2v) is 7.92. The predicted molar refractivity (Wildman–Crippen MR) is 109 cm³/mol. The van der Waals surface area contributed by atoms with E-state index in [1.165, 1.54) is 0 Å². The lowest BCUT2D eigenvalue weighted by Gasteiger charge is -2.23. The Morgan fingerprint density at radius 2 is 2.14 bits per heavy atom. The second kappa shape index (κ2) is 8.24. The molecule has 7 heteroatoms. The molecule has 4 rings (SSSR count). The molecule has 2 heterocycles. The number of thioether (sulfide) groups is 1. The topological polar surface area (TPSA) is 76.7 Å². The van der Waals surface area contributed by atoms with Gasteiger partial charge in [-0.25, -0.2) is 0 Å². The smallest absolute Gasteiger partial charge is 0.265 e. The third-order valence-electron chi connectivity index (χ3n) is 4.75. The van der Waals surface area contributed by atoms with Crippen LogP contribution in [-0.4, -0.2) is 36.4 Å². The normalized spacial score (nSPS) is 20.8. The fraction of sp³-hybridized carbons (Fsp3) is 0.333. The van der Waals surface area contributed by atoms with Crippen LogP contribution < -0.4 is 15.4 Å². The molecule has 0 aliphatic carbocycles. The quantitative estimate of drug-likeness (QED) is 0.747. The van der Waals surface area contributed by atoms with Crippen molar-refractivity contribution in [1.82, 2.24) is 0 Å². The number of rotatable bonds is 5. The van der Waals surface area contributed by atoms with Gasteiger partial charge in [0.25, 0.3) is 11.8 Å². The highest BCUT2D eigenvalue weighted by Crippen LogP contribution is 2.33. The van der Waals surface area contributed by atoms with E-state index in [1.54, 1.807) is 36.9 Å². The zero-order chi connectivity index (χ0) is 19.5. The van der Waals surface area contributed by atoms with Crippen molar-refractivity contribution in [1.29, 1.82) is 0 Å². The Bertz CT molecular complexity index is 896. The Morgan fingerprint density at radius 3 is 2.96 bits per heavy atom. The molecule has 0 spiro atoms. The molecule has 0 bridgehead atoms. The molecule has 2 aromatic carbocycles. The number of amides is 2. The van der Waals surface area contributed by atoms with Crippen LogP contribution in [0.4, 0.5) is 11.4 Å². The minimum absolute atomic E-state index is 0.188. The summed E-state index contributed by atoms with van der Waals surface area (Å²) in [6, 6.07) is 12.8. The van der Waals surface area contributed by atoms with Gasteiger partial charge in [0.1, 0.15) is 5.75 Å². The number of nitrogens with one attached hydrogen (secondary N) is 2. The molecule has 28 heavy (non-hydrogen) atoms. The molecule has 2 aliphatic rings. The maximum atomic E-state index is 12.8. The van der Waals surface area contributed by atoms with Crippen LogP contribution in [0, 0.1) is 0 Å². The van der Waals surface area contributed by atoms with Crippen molar-refractivity contribution >= 4 is 35.0 Å². The van der Waals surface area contributed by atoms with Crippen LogP contribution in [0.1, 0.15) is 30.1 Å². The van der Waals surface area contributed by atoms with E-state index in [0.29, 0.717) is 22.7 Å². The molecular formula is C21H22N2O4S. The van der Waals surface area contributed by atoms with Gasteiger partial charge in [0, 0.05) is 22.9 Å². The number of benzene rings is 2. The first kappa shape index (κ1) is 18.8. The minimum Gasteiger partial charge on any atom is -0.479 e. The lowest BCUT2D eigenvalue weighted by Crippen LogP contribution is -2.34. The maximum absolute atomic E-state index is 12.8. The zero-order valence-electron chi connectivity index (χ0n) is 15.6. The highest BCUT2D eigenvalue weighted by Gasteiger charge is 2.24. The standard InChI is InChI=1S/C21H22N2O4S/c1-13-20(24)23-17-11-14(8-9-18(17)27-13)22-21(25)16-6-2-3-7-19(16)28-12-15-5-4-10-26-15/h2-3,6-9,11,13,15H,4-5,10,12H2,1H3,(H,22,25)(H,23,24)/t13-,15+/m0/s1. The van der Waals surface area contributed by atoms with Crippen LogP contribution >= 0.6 is 11.8 Å². The van der Waals surface area contributed by atoms with Crippen molar-refractivity contribution in [3.8, 4) is 5.75 Å². The second-order valence-electron chi connectivity index (χ2n) is 6.86. The van der Waals surface area contributed by atoms with Gasteiger partial charge < -0.3 is 20.1 Å². The van der Waals surface area contributed by atoms with Gasteiger partial charge in [-0.1, -0.05) is 12.1 Å². The van der Waals surface area contributed by atoms with Crippen LogP contribution in [0.3, 0.4) is 0 Å². The number of ether oxygens (including phenoxy) is 2. The van der Waals surface area contributed by atoms with Crippen LogP contribution in [-0.2, 0) is 9.53 Å². The van der Waals surface area contributed by atoms with Crippen LogP contribution in [0.5, 0.6) is 5.75 Å². The van der Waals surface area contributed by atoms with Crippen LogP contribution in [0.2, 0.25) is 0 Å². The Balaban J connectivity index is 1.47. The Labute approximate surface area is 168 Å². The molecule has 2 atom stereocenters. The third-order valence-corrected chi connectivity index (χ3v) is 5.95. The average Bonchev–Trinajstić information content (AvgIpc) is 3.21. The average molecular weight is 398 g/mol. The van der Waals surface area contributed by atoms with Crippen molar-refractivity contribution in [2.75, 3.05) is 23.0 Å². The van der Waals surface area contributed by atoms with Gasteiger partial charge >= 0.3 is 0 Å². The van der Waals surface area contributed by atoms with Crippen LogP contribution in [0.25, 0.3) is 0 Å². The molecule has 2 aliphatic heterocycles. The van der Waals surface area contributed by atoms with E-state index < -0.39 is 6.10 Å². The van der Waals surface area contributed by atoms with Gasteiger partial charge in [0.05, 0.1) is 17.4 Å². The van der Waals surface area contributed by atoms with E-state index in [9.17, 15) is 9.59 Å². The first-order valence-corrected chi connectivity index (χ1v) is 10.3. The number of hydrogen-bond donors (Lipinski definition) is 2. The molecule has 146 valence electrons. The molecule has 6 nitrogen and oxygen atoms in total. The van der Waals surface area contributed by atoms with Crippen molar-refractivity contribution in [2.24, 2.45) is 0 Å². The summed E-state index contributed by atoms with van der Waals surface area (Å²) in [4.78, 5) is 25.6. The first-order valence-electron chi connectivity index (χ1n) is 9.36. The molecule has 1 saturated heterocycles. The van der Waals surface area contributed by atoms with Crippen molar-refractivity contribution in [3.05, 3.63) is 48.0 Å². The lowest BCUT2D eigenvalue weighted by molar-refractivity contribution is -0.122. The fourth-order valence-electron chi connectivity index (χ4n) is 3.22. The number of fused-ring (bicyclic) bond motifs is 1. The molecular weight excluding hydrogens is 376 g/mol. The van der Waals surface area contributed by atoms with Gasteiger partial charge in [-0.3, -0.25) is 9.59 Å². The number of carbonyl (C=O) groups is 2. The van der Waals surface area contributed by atoms with E-state index in [2.05, 4.69) is 10.6 Å². The molecule has 1 fully saturated rings. The minimum atomic E-state index is -0.527. The fourth-order valence-corrected chi connectivity index (χ4v) is 4.34. The summed E-state index contributed by atoms with van der Waals surface area (Å²) in [5.41, 5.74) is 1.78. The Morgan fingerprint density at radius 1 is 1.29 bits per heavy atom. The summed E-state index contributed by atoms with van der Waals surface area (Å²) in [6.45, 7) is 2.52. The number of anilines is 2. The lowest BCUT2D eigenvalue weighted by atomic mass is 10.2. The molecule has 2 aromatic rings. The molecule has 0 saturated carbocycles. The summed E-state index contributed by atoms with van der Waals surface area (Å²) in [7, 11) is 0. The van der Waals surface area contributed by atoms with Gasteiger partial charge in [-0.15, -0.1) is 11.8 Å². The molecule has 0 unspecified atom stereocenters. The highest BCUT2D eigenvalue weighted by molar-refractivity contribution is 7.99. The first-order chi connectivity index (χ1) is 13.6. The van der Waals surface area contributed by atoms with Gasteiger partial charge in [-0.05, 0) is 50.1 Å². The SMILES string of the molecule is C[C@@H]1Oc2ccc(NC(=O)c3ccccc3SC[C@H]3CCCO3)cc2NC1=O. The maximum Gasteiger partial charge on any atom is 0.265 e. The summed E-state index contributed by atoms with van der Waals surface area (Å²) >= 11 is 1.64. The van der Waals surface area contributed by atoms with Crippen molar-refractivity contribution in [2.45, 2.75) is 36.9 Å². The van der Waals surface area contributed by atoms with Crippen LogP contribution in [0.15, 0.2) is 47.4 Å². The van der Waals surface area contributed by atoms with E-state index >= 15 is 0 Å². The van der Waals surface area contributed by atoms with E-state index in [4.69, 9.17) is 9.47 Å². The number of hydrogen-bond acceptors (Lipinski definition) is 5. The number of carbonyl (C=O) groups excluding carboxylic acids is 2. The molecule has 2 amide bonds. The highest BCUT2D eigenvalue weighted by atomic mass is 32.2. The van der Waals surface area contributed by atoms with Crippen molar-refractivity contribution in [3.63, 3.8) is 0 Å². The summed E-state index contributed by atoms with van der Waals surface area (Å²) in [5.74, 6) is 1.04. The zero-order valence-corrected chi connectivity index (χ0v) is 16.4. The van der Waals surface area contributed by atoms with E-state index in [0.717, 1.165) is 30.1 Å². The van der Waals surface area contributed by atoms with Gasteiger partial charge in [-0.2, -0.15) is 0 Å². The molecule has 2 N–H and O–H groups in total. The molecule has 0 aromatic heterocycles. The summed E-state index contributed by atoms with van der Waals surface area (Å²) < 4.78 is 11.2. The predicted octanol–water partition coefficient (Wildman–Crippen LogP) is 3.93. The van der Waals surface area contributed by atoms with E-state index in [-0.39, 0.29) is 17.9 Å². The van der Waals surface area contributed by atoms with Gasteiger partial charge in [0.15, 0.2) is 6.10 Å².